The molecule has 0 amide bonds. The molecule has 0 saturated heterocycles. The molecule has 0 atom stereocenters. The third-order valence-electron chi connectivity index (χ3n) is 3.10. The van der Waals surface area contributed by atoms with Crippen LogP contribution in [0.4, 0.5) is 0 Å². The van der Waals surface area contributed by atoms with Gasteiger partial charge in [-0.2, -0.15) is 0 Å². The summed E-state index contributed by atoms with van der Waals surface area (Å²) < 4.78 is 4.90. The SMILES string of the molecule is CCOC(=O)Cc1csc(C2(N)CCCC2)n1. The molecule has 1 aliphatic rings. The lowest BCUT2D eigenvalue weighted by Crippen LogP contribution is -2.32. The molecular weight excluding hydrogens is 236 g/mol. The number of carbonyl (C=O) groups is 1. The first-order valence-corrected chi connectivity index (χ1v) is 6.91. The largest absolute Gasteiger partial charge is 0.466 e. The van der Waals surface area contributed by atoms with Gasteiger partial charge < -0.3 is 10.5 Å². The number of aromatic nitrogens is 1. The van der Waals surface area contributed by atoms with E-state index in [9.17, 15) is 4.79 Å². The van der Waals surface area contributed by atoms with Crippen molar-refractivity contribution in [3.05, 3.63) is 16.1 Å². The zero-order chi connectivity index (χ0) is 12.3. The molecule has 1 aromatic heterocycles. The first-order chi connectivity index (χ1) is 8.14. The van der Waals surface area contributed by atoms with Crippen molar-refractivity contribution in [1.29, 1.82) is 0 Å². The Bertz CT molecular complexity index is 397. The lowest BCUT2D eigenvalue weighted by Gasteiger charge is -2.19. The molecule has 0 spiro atoms. The van der Waals surface area contributed by atoms with Gasteiger partial charge in [0.25, 0.3) is 0 Å². The Morgan fingerprint density at radius 1 is 1.59 bits per heavy atom. The number of nitrogens with zero attached hydrogens (tertiary/aromatic N) is 1. The van der Waals surface area contributed by atoms with E-state index in [0.29, 0.717) is 6.61 Å². The molecule has 1 fully saturated rings. The average Bonchev–Trinajstić information content (AvgIpc) is 2.88. The molecule has 0 aromatic carbocycles. The Balaban J connectivity index is 2.03. The lowest BCUT2D eigenvalue weighted by molar-refractivity contribution is -0.142. The van der Waals surface area contributed by atoms with Crippen LogP contribution in [0.5, 0.6) is 0 Å². The van der Waals surface area contributed by atoms with E-state index in [1.54, 1.807) is 18.3 Å². The summed E-state index contributed by atoms with van der Waals surface area (Å²) in [5, 5.41) is 2.88. The second-order valence-corrected chi connectivity index (χ2v) is 5.35. The molecule has 0 bridgehead atoms. The summed E-state index contributed by atoms with van der Waals surface area (Å²) in [6.45, 7) is 2.22. The third kappa shape index (κ3) is 2.84. The number of hydrogen-bond acceptors (Lipinski definition) is 5. The summed E-state index contributed by atoms with van der Waals surface area (Å²) in [5.41, 5.74) is 6.84. The first-order valence-electron chi connectivity index (χ1n) is 6.03. The predicted octanol–water partition coefficient (Wildman–Crippen LogP) is 1.98. The fraction of sp³-hybridized carbons (Fsp3) is 0.667. The second kappa shape index (κ2) is 5.14. The Kier molecular flexibility index (Phi) is 3.79. The third-order valence-corrected chi connectivity index (χ3v) is 4.22. The fourth-order valence-electron chi connectivity index (χ4n) is 2.20. The van der Waals surface area contributed by atoms with Gasteiger partial charge in [0.15, 0.2) is 0 Å². The number of nitrogens with two attached hydrogens (primary N) is 1. The standard InChI is InChI=1S/C12H18N2O2S/c1-2-16-10(15)7-9-8-17-11(14-9)12(13)5-3-4-6-12/h8H,2-7,13H2,1H3. The molecule has 5 heteroatoms. The van der Waals surface area contributed by atoms with Crippen molar-refractivity contribution in [3.63, 3.8) is 0 Å². The van der Waals surface area contributed by atoms with E-state index in [2.05, 4.69) is 4.98 Å². The minimum Gasteiger partial charge on any atom is -0.466 e. The van der Waals surface area contributed by atoms with Gasteiger partial charge in [-0.1, -0.05) is 12.8 Å². The van der Waals surface area contributed by atoms with Crippen molar-refractivity contribution in [2.75, 3.05) is 6.61 Å². The normalized spacial score (nSPS) is 18.2. The van der Waals surface area contributed by atoms with Crippen molar-refractivity contribution in [2.45, 2.75) is 44.6 Å². The molecule has 1 aliphatic carbocycles. The second-order valence-electron chi connectivity index (χ2n) is 4.49. The Labute approximate surface area is 105 Å². The molecule has 0 unspecified atom stereocenters. The van der Waals surface area contributed by atoms with Gasteiger partial charge in [-0.05, 0) is 19.8 Å². The van der Waals surface area contributed by atoms with Crippen molar-refractivity contribution < 1.29 is 9.53 Å². The van der Waals surface area contributed by atoms with Crippen LogP contribution in [0.2, 0.25) is 0 Å². The molecular formula is C12H18N2O2S. The quantitative estimate of drug-likeness (QED) is 0.834. The maximum absolute atomic E-state index is 11.3. The van der Waals surface area contributed by atoms with Crippen molar-refractivity contribution in [3.8, 4) is 0 Å². The van der Waals surface area contributed by atoms with Gasteiger partial charge in [0.1, 0.15) is 5.01 Å². The molecule has 2 rings (SSSR count). The molecule has 94 valence electrons. The van der Waals surface area contributed by atoms with Crippen LogP contribution >= 0.6 is 11.3 Å². The number of carbonyl (C=O) groups excluding carboxylic acids is 1. The number of hydrogen-bond donors (Lipinski definition) is 1. The maximum atomic E-state index is 11.3. The van der Waals surface area contributed by atoms with Crippen LogP contribution in [0.15, 0.2) is 5.38 Å². The molecule has 17 heavy (non-hydrogen) atoms. The molecule has 2 N–H and O–H groups in total. The highest BCUT2D eigenvalue weighted by Gasteiger charge is 2.34. The van der Waals surface area contributed by atoms with E-state index in [1.807, 2.05) is 5.38 Å². The minimum atomic E-state index is -0.252. The van der Waals surface area contributed by atoms with E-state index in [0.717, 1.165) is 23.5 Å². The minimum absolute atomic E-state index is 0.221. The van der Waals surface area contributed by atoms with Gasteiger partial charge in [0.2, 0.25) is 0 Å². The highest BCUT2D eigenvalue weighted by molar-refractivity contribution is 7.09. The monoisotopic (exact) mass is 254 g/mol. The van der Waals surface area contributed by atoms with E-state index >= 15 is 0 Å². The summed E-state index contributed by atoms with van der Waals surface area (Å²) in [6.07, 6.45) is 4.59. The average molecular weight is 254 g/mol. The maximum Gasteiger partial charge on any atom is 0.311 e. The summed E-state index contributed by atoms with van der Waals surface area (Å²) in [4.78, 5) is 15.8. The van der Waals surface area contributed by atoms with Crippen molar-refractivity contribution in [1.82, 2.24) is 4.98 Å². The van der Waals surface area contributed by atoms with E-state index in [4.69, 9.17) is 10.5 Å². The highest BCUT2D eigenvalue weighted by atomic mass is 32.1. The highest BCUT2D eigenvalue weighted by Crippen LogP contribution is 2.37. The van der Waals surface area contributed by atoms with Crippen LogP contribution in [0, 0.1) is 0 Å². The van der Waals surface area contributed by atoms with Gasteiger partial charge in [0, 0.05) is 5.38 Å². The van der Waals surface area contributed by atoms with E-state index in [1.165, 1.54) is 12.8 Å². The van der Waals surface area contributed by atoms with Crippen LogP contribution in [0.1, 0.15) is 43.3 Å². The van der Waals surface area contributed by atoms with Gasteiger partial charge >= 0.3 is 5.97 Å². The summed E-state index contributed by atoms with van der Waals surface area (Å²) in [6, 6.07) is 0. The Morgan fingerprint density at radius 2 is 2.29 bits per heavy atom. The summed E-state index contributed by atoms with van der Waals surface area (Å²) >= 11 is 1.56. The zero-order valence-corrected chi connectivity index (χ0v) is 10.9. The van der Waals surface area contributed by atoms with Crippen molar-refractivity contribution in [2.24, 2.45) is 5.73 Å². The van der Waals surface area contributed by atoms with Crippen molar-refractivity contribution >= 4 is 17.3 Å². The molecule has 1 aromatic rings. The number of ether oxygens (including phenoxy) is 1. The molecule has 1 heterocycles. The molecule has 0 radical (unpaired) electrons. The number of thiazole rings is 1. The predicted molar refractivity (Wildman–Crippen MR) is 66.8 cm³/mol. The Hall–Kier alpha value is -0.940. The van der Waals surface area contributed by atoms with Crippen LogP contribution in [0.3, 0.4) is 0 Å². The topological polar surface area (TPSA) is 65.2 Å². The number of esters is 1. The van der Waals surface area contributed by atoms with Gasteiger partial charge in [-0.3, -0.25) is 4.79 Å². The lowest BCUT2D eigenvalue weighted by atomic mass is 10.0. The smallest absolute Gasteiger partial charge is 0.311 e. The van der Waals surface area contributed by atoms with Crippen LogP contribution in [-0.4, -0.2) is 17.6 Å². The molecule has 0 aliphatic heterocycles. The fourth-order valence-corrected chi connectivity index (χ4v) is 3.19. The van der Waals surface area contributed by atoms with Gasteiger partial charge in [-0.25, -0.2) is 4.98 Å². The first kappa shape index (κ1) is 12.5. The van der Waals surface area contributed by atoms with Crippen LogP contribution in [0.25, 0.3) is 0 Å². The molecule has 1 saturated carbocycles. The molecule has 4 nitrogen and oxygen atoms in total. The van der Waals surface area contributed by atoms with Gasteiger partial charge in [-0.15, -0.1) is 11.3 Å². The van der Waals surface area contributed by atoms with E-state index in [-0.39, 0.29) is 17.9 Å². The Morgan fingerprint density at radius 3 is 2.94 bits per heavy atom. The number of rotatable bonds is 4. The van der Waals surface area contributed by atoms with E-state index < -0.39 is 0 Å². The van der Waals surface area contributed by atoms with Crippen LogP contribution < -0.4 is 5.73 Å². The zero-order valence-electron chi connectivity index (χ0n) is 10.1. The van der Waals surface area contributed by atoms with Gasteiger partial charge in [0.05, 0.1) is 24.3 Å². The summed E-state index contributed by atoms with van der Waals surface area (Å²) in [7, 11) is 0. The van der Waals surface area contributed by atoms with Crippen LogP contribution in [-0.2, 0) is 21.5 Å². The summed E-state index contributed by atoms with van der Waals surface area (Å²) in [5.74, 6) is -0.221.